The number of aliphatic imine (C=N–C) groups is 1. The number of halogens is 1. The van der Waals surface area contributed by atoms with Crippen LogP contribution < -0.4 is 25.4 Å². The fraction of sp³-hybridized carbons (Fsp3) is 0.619. The number of hydrogen-bond donors (Lipinski definition) is 3. The molecule has 1 aromatic carbocycles. The Bertz CT molecular complexity index is 649. The number of guanidine groups is 1. The number of amides is 1. The Morgan fingerprint density at radius 3 is 2.48 bits per heavy atom. The third-order valence-electron chi connectivity index (χ3n) is 4.83. The van der Waals surface area contributed by atoms with Crippen molar-refractivity contribution in [3.05, 3.63) is 23.8 Å². The van der Waals surface area contributed by atoms with Gasteiger partial charge in [-0.15, -0.1) is 24.0 Å². The van der Waals surface area contributed by atoms with Gasteiger partial charge in [0.2, 0.25) is 5.91 Å². The minimum Gasteiger partial charge on any atom is -0.493 e. The van der Waals surface area contributed by atoms with Crippen LogP contribution in [-0.2, 0) is 11.3 Å². The van der Waals surface area contributed by atoms with Crippen LogP contribution in [0.15, 0.2) is 23.2 Å². The molecule has 8 heteroatoms. The van der Waals surface area contributed by atoms with Crippen molar-refractivity contribution in [1.82, 2.24) is 16.0 Å². The SMILES string of the molecule is CCNC(=NCc1ccc(OC)c(OC)c1)NCCC(=O)NC1CCCCC1.I. The standard InChI is InChI=1S/C21H34N4O3.HI/c1-4-22-21(23-13-12-20(26)25-17-8-6-5-7-9-17)24-15-16-10-11-18(27-2)19(14-16)28-3;/h10-11,14,17H,4-9,12-13,15H2,1-3H3,(H,25,26)(H2,22,23,24);1H. The van der Waals surface area contributed by atoms with Gasteiger partial charge in [-0.3, -0.25) is 4.79 Å². The van der Waals surface area contributed by atoms with Gasteiger partial charge in [-0.05, 0) is 37.5 Å². The van der Waals surface area contributed by atoms with E-state index in [9.17, 15) is 4.79 Å². The monoisotopic (exact) mass is 518 g/mol. The number of nitrogens with one attached hydrogen (secondary N) is 3. The maximum absolute atomic E-state index is 12.1. The van der Waals surface area contributed by atoms with E-state index in [4.69, 9.17) is 9.47 Å². The molecule has 0 atom stereocenters. The molecule has 0 heterocycles. The fourth-order valence-corrected chi connectivity index (χ4v) is 3.33. The normalized spacial score (nSPS) is 14.5. The van der Waals surface area contributed by atoms with Gasteiger partial charge in [0.15, 0.2) is 17.5 Å². The van der Waals surface area contributed by atoms with Crippen molar-refractivity contribution in [2.75, 3.05) is 27.3 Å². The second-order valence-electron chi connectivity index (χ2n) is 6.96. The van der Waals surface area contributed by atoms with Crippen LogP contribution in [0.5, 0.6) is 11.5 Å². The number of carbonyl (C=O) groups excluding carboxylic acids is 1. The Kier molecular flexibility index (Phi) is 12.5. The molecule has 0 spiro atoms. The highest BCUT2D eigenvalue weighted by atomic mass is 127. The Labute approximate surface area is 191 Å². The summed E-state index contributed by atoms with van der Waals surface area (Å²) in [5.74, 6) is 2.19. The fourth-order valence-electron chi connectivity index (χ4n) is 3.33. The molecule has 1 amide bonds. The molecule has 0 aliphatic heterocycles. The third kappa shape index (κ3) is 9.10. The summed E-state index contributed by atoms with van der Waals surface area (Å²) in [4.78, 5) is 16.7. The summed E-state index contributed by atoms with van der Waals surface area (Å²) >= 11 is 0. The lowest BCUT2D eigenvalue weighted by Crippen LogP contribution is -2.41. The van der Waals surface area contributed by atoms with Gasteiger partial charge in [0.25, 0.3) is 0 Å². The Balaban J connectivity index is 0.00000420. The second kappa shape index (κ2) is 14.3. The van der Waals surface area contributed by atoms with Gasteiger partial charge in [0.05, 0.1) is 20.8 Å². The van der Waals surface area contributed by atoms with Crippen LogP contribution in [0.25, 0.3) is 0 Å². The highest BCUT2D eigenvalue weighted by Crippen LogP contribution is 2.27. The van der Waals surface area contributed by atoms with Gasteiger partial charge in [0.1, 0.15) is 0 Å². The number of ether oxygens (including phenoxy) is 2. The van der Waals surface area contributed by atoms with E-state index in [1.807, 2.05) is 25.1 Å². The van der Waals surface area contributed by atoms with Crippen LogP contribution in [0.1, 0.15) is 51.0 Å². The molecule has 3 N–H and O–H groups in total. The molecule has 29 heavy (non-hydrogen) atoms. The molecule has 0 saturated heterocycles. The zero-order chi connectivity index (χ0) is 20.2. The zero-order valence-corrected chi connectivity index (χ0v) is 20.1. The zero-order valence-electron chi connectivity index (χ0n) is 17.8. The van der Waals surface area contributed by atoms with E-state index in [0.29, 0.717) is 43.0 Å². The first-order valence-electron chi connectivity index (χ1n) is 10.2. The maximum Gasteiger partial charge on any atom is 0.221 e. The van der Waals surface area contributed by atoms with Gasteiger partial charge >= 0.3 is 0 Å². The number of methoxy groups -OCH3 is 2. The van der Waals surface area contributed by atoms with Crippen molar-refractivity contribution in [2.24, 2.45) is 4.99 Å². The first-order valence-corrected chi connectivity index (χ1v) is 10.2. The summed E-state index contributed by atoms with van der Waals surface area (Å²) < 4.78 is 10.6. The summed E-state index contributed by atoms with van der Waals surface area (Å²) in [5, 5.41) is 9.58. The molecular weight excluding hydrogens is 483 g/mol. The summed E-state index contributed by atoms with van der Waals surface area (Å²) in [5.41, 5.74) is 1.02. The molecule has 0 radical (unpaired) electrons. The van der Waals surface area contributed by atoms with E-state index in [2.05, 4.69) is 20.9 Å². The minimum absolute atomic E-state index is 0. The topological polar surface area (TPSA) is 84.0 Å². The van der Waals surface area contributed by atoms with Crippen LogP contribution in [-0.4, -0.2) is 45.2 Å². The average Bonchev–Trinajstić information content (AvgIpc) is 2.72. The lowest BCUT2D eigenvalue weighted by molar-refractivity contribution is -0.121. The number of rotatable bonds is 9. The van der Waals surface area contributed by atoms with Crippen LogP contribution in [0.4, 0.5) is 0 Å². The molecule has 1 saturated carbocycles. The largest absolute Gasteiger partial charge is 0.493 e. The predicted molar refractivity (Wildman–Crippen MR) is 127 cm³/mol. The van der Waals surface area contributed by atoms with E-state index in [1.165, 1.54) is 19.3 Å². The lowest BCUT2D eigenvalue weighted by Gasteiger charge is -2.22. The van der Waals surface area contributed by atoms with E-state index in [-0.39, 0.29) is 29.9 Å². The summed E-state index contributed by atoms with van der Waals surface area (Å²) in [6.45, 7) is 3.83. The summed E-state index contributed by atoms with van der Waals surface area (Å²) in [6, 6.07) is 6.11. The Hall–Kier alpha value is -1.71. The van der Waals surface area contributed by atoms with Crippen molar-refractivity contribution in [1.29, 1.82) is 0 Å². The lowest BCUT2D eigenvalue weighted by atomic mass is 9.95. The first-order chi connectivity index (χ1) is 13.7. The van der Waals surface area contributed by atoms with Gasteiger partial charge in [-0.2, -0.15) is 0 Å². The highest BCUT2D eigenvalue weighted by Gasteiger charge is 2.15. The third-order valence-corrected chi connectivity index (χ3v) is 4.83. The van der Waals surface area contributed by atoms with E-state index in [1.54, 1.807) is 14.2 Å². The molecule has 1 fully saturated rings. The first kappa shape index (κ1) is 25.3. The number of hydrogen-bond acceptors (Lipinski definition) is 4. The van der Waals surface area contributed by atoms with Crippen molar-refractivity contribution >= 4 is 35.8 Å². The molecule has 0 aromatic heterocycles. The van der Waals surface area contributed by atoms with Crippen molar-refractivity contribution in [2.45, 2.75) is 58.0 Å². The molecule has 2 rings (SSSR count). The molecule has 1 aliphatic carbocycles. The smallest absolute Gasteiger partial charge is 0.221 e. The predicted octanol–water partition coefficient (Wildman–Crippen LogP) is 3.22. The quantitative estimate of drug-likeness (QED) is 0.266. The van der Waals surface area contributed by atoms with E-state index >= 15 is 0 Å². The van der Waals surface area contributed by atoms with Crippen molar-refractivity contribution in [3.8, 4) is 11.5 Å². The summed E-state index contributed by atoms with van der Waals surface area (Å²) in [7, 11) is 3.24. The molecule has 7 nitrogen and oxygen atoms in total. The molecule has 1 aromatic rings. The number of benzene rings is 1. The highest BCUT2D eigenvalue weighted by molar-refractivity contribution is 14.0. The van der Waals surface area contributed by atoms with E-state index in [0.717, 1.165) is 24.9 Å². The summed E-state index contributed by atoms with van der Waals surface area (Å²) in [6.07, 6.45) is 6.38. The van der Waals surface area contributed by atoms with E-state index < -0.39 is 0 Å². The molecular formula is C21H35IN4O3. The molecule has 1 aliphatic rings. The van der Waals surface area contributed by atoms with Gasteiger partial charge < -0.3 is 25.4 Å². The van der Waals surface area contributed by atoms with Gasteiger partial charge in [0, 0.05) is 25.6 Å². The van der Waals surface area contributed by atoms with Crippen LogP contribution >= 0.6 is 24.0 Å². The average molecular weight is 518 g/mol. The van der Waals surface area contributed by atoms with Crippen LogP contribution in [0, 0.1) is 0 Å². The Morgan fingerprint density at radius 1 is 1.10 bits per heavy atom. The maximum atomic E-state index is 12.1. The molecule has 0 unspecified atom stereocenters. The second-order valence-corrected chi connectivity index (χ2v) is 6.96. The van der Waals surface area contributed by atoms with Gasteiger partial charge in [-0.1, -0.05) is 25.3 Å². The number of nitrogens with zero attached hydrogens (tertiary/aromatic N) is 1. The van der Waals surface area contributed by atoms with Crippen molar-refractivity contribution < 1.29 is 14.3 Å². The van der Waals surface area contributed by atoms with Gasteiger partial charge in [-0.25, -0.2) is 4.99 Å². The van der Waals surface area contributed by atoms with Crippen LogP contribution in [0.2, 0.25) is 0 Å². The van der Waals surface area contributed by atoms with Crippen molar-refractivity contribution in [3.63, 3.8) is 0 Å². The van der Waals surface area contributed by atoms with Crippen LogP contribution in [0.3, 0.4) is 0 Å². The molecule has 0 bridgehead atoms. The number of carbonyl (C=O) groups is 1. The molecule has 164 valence electrons. The Morgan fingerprint density at radius 2 is 1.83 bits per heavy atom. The minimum atomic E-state index is 0.